The molecule has 1 amide bonds. The van der Waals surface area contributed by atoms with Crippen LogP contribution in [-0.4, -0.2) is 31.2 Å². The molecule has 0 saturated heterocycles. The Morgan fingerprint density at radius 2 is 2.41 bits per heavy atom. The van der Waals surface area contributed by atoms with Gasteiger partial charge >= 0.3 is 0 Å². The first kappa shape index (κ1) is 14.1. The molecule has 0 aromatic carbocycles. The van der Waals surface area contributed by atoms with Crippen LogP contribution in [0.4, 0.5) is 5.13 Å². The number of amides is 1. The zero-order valence-electron chi connectivity index (χ0n) is 10.4. The van der Waals surface area contributed by atoms with Crippen LogP contribution >= 0.6 is 11.3 Å². The van der Waals surface area contributed by atoms with Crippen LogP contribution in [0.1, 0.15) is 32.0 Å². The van der Waals surface area contributed by atoms with Gasteiger partial charge in [-0.3, -0.25) is 4.79 Å². The van der Waals surface area contributed by atoms with Gasteiger partial charge in [-0.15, -0.1) is 11.3 Å². The Hall–Kier alpha value is -0.980. The second-order valence-corrected chi connectivity index (χ2v) is 4.51. The van der Waals surface area contributed by atoms with Gasteiger partial charge in [0.25, 0.3) is 0 Å². The Morgan fingerprint density at radius 3 is 3.06 bits per heavy atom. The molecule has 1 atom stereocenters. The SMILES string of the molecule is CCNC(C)c1csc(NC(=O)CCOC)n1. The molecule has 0 aliphatic heterocycles. The fourth-order valence-electron chi connectivity index (χ4n) is 1.33. The van der Waals surface area contributed by atoms with E-state index in [9.17, 15) is 4.79 Å². The van der Waals surface area contributed by atoms with Gasteiger partial charge in [-0.2, -0.15) is 0 Å². The fraction of sp³-hybridized carbons (Fsp3) is 0.636. The van der Waals surface area contributed by atoms with Crippen LogP contribution in [0.2, 0.25) is 0 Å². The number of carbonyl (C=O) groups excluding carboxylic acids is 1. The monoisotopic (exact) mass is 257 g/mol. The van der Waals surface area contributed by atoms with Crippen molar-refractivity contribution in [1.29, 1.82) is 0 Å². The van der Waals surface area contributed by atoms with Crippen molar-refractivity contribution in [2.75, 3.05) is 25.6 Å². The first-order chi connectivity index (χ1) is 8.17. The lowest BCUT2D eigenvalue weighted by Crippen LogP contribution is -2.18. The van der Waals surface area contributed by atoms with E-state index in [2.05, 4.69) is 29.5 Å². The molecule has 0 spiro atoms. The topological polar surface area (TPSA) is 63.2 Å². The number of thiazole rings is 1. The molecule has 2 N–H and O–H groups in total. The molecule has 96 valence electrons. The van der Waals surface area contributed by atoms with Crippen molar-refractivity contribution in [3.05, 3.63) is 11.1 Å². The number of anilines is 1. The molecule has 1 heterocycles. The molecule has 0 radical (unpaired) electrons. The van der Waals surface area contributed by atoms with Gasteiger partial charge in [-0.1, -0.05) is 6.92 Å². The molecule has 1 aromatic heterocycles. The summed E-state index contributed by atoms with van der Waals surface area (Å²) in [6.45, 7) is 5.43. The minimum atomic E-state index is -0.0659. The predicted octanol–water partition coefficient (Wildman–Crippen LogP) is 1.79. The van der Waals surface area contributed by atoms with Gasteiger partial charge < -0.3 is 15.4 Å². The van der Waals surface area contributed by atoms with Gasteiger partial charge in [0.2, 0.25) is 5.91 Å². The van der Waals surface area contributed by atoms with E-state index in [0.717, 1.165) is 12.2 Å². The molecule has 0 aliphatic rings. The minimum Gasteiger partial charge on any atom is -0.384 e. The Labute approximate surface area is 106 Å². The Morgan fingerprint density at radius 1 is 1.65 bits per heavy atom. The van der Waals surface area contributed by atoms with Gasteiger partial charge in [-0.05, 0) is 13.5 Å². The minimum absolute atomic E-state index is 0.0659. The van der Waals surface area contributed by atoms with E-state index in [1.165, 1.54) is 11.3 Å². The summed E-state index contributed by atoms with van der Waals surface area (Å²) in [6.07, 6.45) is 0.355. The van der Waals surface area contributed by atoms with Crippen LogP contribution in [0, 0.1) is 0 Å². The molecule has 1 aromatic rings. The number of hydrogen-bond donors (Lipinski definition) is 2. The molecular weight excluding hydrogens is 238 g/mol. The second kappa shape index (κ2) is 7.37. The lowest BCUT2D eigenvalue weighted by Gasteiger charge is -2.08. The van der Waals surface area contributed by atoms with Crippen LogP contribution in [0.25, 0.3) is 0 Å². The van der Waals surface area contributed by atoms with Crippen LogP contribution in [-0.2, 0) is 9.53 Å². The van der Waals surface area contributed by atoms with Gasteiger partial charge in [-0.25, -0.2) is 4.98 Å². The number of methoxy groups -OCH3 is 1. The van der Waals surface area contributed by atoms with Gasteiger partial charge in [0.05, 0.1) is 18.7 Å². The van der Waals surface area contributed by atoms with Crippen molar-refractivity contribution in [3.63, 3.8) is 0 Å². The van der Waals surface area contributed by atoms with Gasteiger partial charge in [0.15, 0.2) is 5.13 Å². The van der Waals surface area contributed by atoms with E-state index in [1.807, 2.05) is 5.38 Å². The summed E-state index contributed by atoms with van der Waals surface area (Å²) < 4.78 is 4.84. The third-order valence-electron chi connectivity index (χ3n) is 2.26. The largest absolute Gasteiger partial charge is 0.384 e. The average molecular weight is 257 g/mol. The third kappa shape index (κ3) is 4.80. The summed E-state index contributed by atoms with van der Waals surface area (Å²) in [4.78, 5) is 15.8. The number of rotatable bonds is 7. The average Bonchev–Trinajstić information content (AvgIpc) is 2.75. The van der Waals surface area contributed by atoms with E-state index in [4.69, 9.17) is 4.74 Å². The number of hydrogen-bond acceptors (Lipinski definition) is 5. The summed E-state index contributed by atoms with van der Waals surface area (Å²) in [7, 11) is 1.58. The van der Waals surface area contributed by atoms with Crippen molar-refractivity contribution in [2.45, 2.75) is 26.3 Å². The third-order valence-corrected chi connectivity index (χ3v) is 3.03. The Bertz CT molecular complexity index is 354. The second-order valence-electron chi connectivity index (χ2n) is 3.65. The van der Waals surface area contributed by atoms with Crippen LogP contribution in [0.3, 0.4) is 0 Å². The number of nitrogens with zero attached hydrogens (tertiary/aromatic N) is 1. The maximum absolute atomic E-state index is 11.4. The fourth-order valence-corrected chi connectivity index (χ4v) is 2.15. The van der Waals surface area contributed by atoms with E-state index < -0.39 is 0 Å². The summed E-state index contributed by atoms with van der Waals surface area (Å²) in [6, 6.07) is 0.209. The highest BCUT2D eigenvalue weighted by atomic mass is 32.1. The molecular formula is C11H19N3O2S. The predicted molar refractivity (Wildman–Crippen MR) is 69.3 cm³/mol. The van der Waals surface area contributed by atoms with Crippen molar-refractivity contribution >= 4 is 22.4 Å². The molecule has 6 heteroatoms. The van der Waals surface area contributed by atoms with Crippen molar-refractivity contribution in [1.82, 2.24) is 10.3 Å². The molecule has 0 fully saturated rings. The molecule has 0 aliphatic carbocycles. The van der Waals surface area contributed by atoms with Crippen LogP contribution in [0.15, 0.2) is 5.38 Å². The van der Waals surface area contributed by atoms with Crippen LogP contribution in [0.5, 0.6) is 0 Å². The van der Waals surface area contributed by atoms with E-state index in [1.54, 1.807) is 7.11 Å². The molecule has 0 bridgehead atoms. The maximum Gasteiger partial charge on any atom is 0.228 e. The summed E-state index contributed by atoms with van der Waals surface area (Å²) in [5.41, 5.74) is 0.957. The number of carbonyl (C=O) groups is 1. The smallest absolute Gasteiger partial charge is 0.228 e. The maximum atomic E-state index is 11.4. The van der Waals surface area contributed by atoms with E-state index in [-0.39, 0.29) is 11.9 Å². The number of aromatic nitrogens is 1. The first-order valence-corrected chi connectivity index (χ1v) is 6.53. The van der Waals surface area contributed by atoms with E-state index >= 15 is 0 Å². The molecule has 0 saturated carbocycles. The highest BCUT2D eigenvalue weighted by molar-refractivity contribution is 7.13. The Balaban J connectivity index is 2.47. The van der Waals surface area contributed by atoms with Crippen molar-refractivity contribution < 1.29 is 9.53 Å². The lowest BCUT2D eigenvalue weighted by molar-refractivity contribution is -0.117. The van der Waals surface area contributed by atoms with Crippen molar-refractivity contribution in [3.8, 4) is 0 Å². The molecule has 1 rings (SSSR count). The normalized spacial score (nSPS) is 12.4. The molecule has 1 unspecified atom stereocenters. The zero-order valence-corrected chi connectivity index (χ0v) is 11.3. The zero-order chi connectivity index (χ0) is 12.7. The first-order valence-electron chi connectivity index (χ1n) is 5.65. The van der Waals surface area contributed by atoms with E-state index in [0.29, 0.717) is 18.2 Å². The molecule has 17 heavy (non-hydrogen) atoms. The number of ether oxygens (including phenoxy) is 1. The summed E-state index contributed by atoms with van der Waals surface area (Å²) >= 11 is 1.44. The molecule has 5 nitrogen and oxygen atoms in total. The number of nitrogens with one attached hydrogen (secondary N) is 2. The van der Waals surface area contributed by atoms with Gasteiger partial charge in [0.1, 0.15) is 0 Å². The van der Waals surface area contributed by atoms with Crippen LogP contribution < -0.4 is 10.6 Å². The standard InChI is InChI=1S/C11H19N3O2S/c1-4-12-8(2)9-7-17-11(13-9)14-10(15)5-6-16-3/h7-8,12H,4-6H2,1-3H3,(H,13,14,15). The van der Waals surface area contributed by atoms with Gasteiger partial charge in [0, 0.05) is 18.5 Å². The lowest BCUT2D eigenvalue weighted by atomic mass is 10.3. The summed E-state index contributed by atoms with van der Waals surface area (Å²) in [5.74, 6) is -0.0659. The Kier molecular flexibility index (Phi) is 6.10. The van der Waals surface area contributed by atoms with Crippen molar-refractivity contribution in [2.24, 2.45) is 0 Å². The highest BCUT2D eigenvalue weighted by Gasteiger charge is 2.10. The summed E-state index contributed by atoms with van der Waals surface area (Å²) in [5, 5.41) is 8.63. The quantitative estimate of drug-likeness (QED) is 0.781. The highest BCUT2D eigenvalue weighted by Crippen LogP contribution is 2.20.